The summed E-state index contributed by atoms with van der Waals surface area (Å²) >= 11 is 0. The molecule has 1 aromatic carbocycles. The number of benzene rings is 1. The average Bonchev–Trinajstić information content (AvgIpc) is 3.31. The van der Waals surface area contributed by atoms with E-state index in [0.29, 0.717) is 31.9 Å². The zero-order chi connectivity index (χ0) is 24.6. The van der Waals surface area contributed by atoms with Crippen molar-refractivity contribution in [1.29, 1.82) is 5.26 Å². The quantitative estimate of drug-likeness (QED) is 0.726. The van der Waals surface area contributed by atoms with Crippen LogP contribution in [0.15, 0.2) is 18.2 Å². The van der Waals surface area contributed by atoms with Crippen LogP contribution in [-0.4, -0.2) is 44.8 Å². The molecular formula is C24H29F2N5O3. The Hall–Kier alpha value is -3.03. The van der Waals surface area contributed by atoms with Gasteiger partial charge in [-0.2, -0.15) is 5.26 Å². The third kappa shape index (κ3) is 4.91. The molecule has 2 unspecified atom stereocenters. The van der Waals surface area contributed by atoms with Gasteiger partial charge >= 0.3 is 6.09 Å². The molecule has 0 aliphatic carbocycles. The number of ether oxygens (including phenoxy) is 2. The molecule has 1 N–H and O–H groups in total. The van der Waals surface area contributed by atoms with Gasteiger partial charge < -0.3 is 19.4 Å². The zero-order valence-corrected chi connectivity index (χ0v) is 19.8. The van der Waals surface area contributed by atoms with Crippen LogP contribution >= 0.6 is 0 Å². The number of alkyl carbamates (subject to hydrolysis) is 1. The van der Waals surface area contributed by atoms with Crippen LogP contribution in [0.3, 0.4) is 0 Å². The van der Waals surface area contributed by atoms with Crippen LogP contribution in [0.1, 0.15) is 63.0 Å². The normalized spacial score (nSPS) is 22.8. The Balaban J connectivity index is 1.55. The molecule has 3 atom stereocenters. The first-order valence-corrected chi connectivity index (χ1v) is 11.4. The number of hydrogen-bond donors (Lipinski definition) is 1. The highest BCUT2D eigenvalue weighted by atomic mass is 19.1. The number of rotatable bonds is 4. The van der Waals surface area contributed by atoms with Gasteiger partial charge in [-0.05, 0) is 52.3 Å². The fourth-order valence-electron chi connectivity index (χ4n) is 4.67. The summed E-state index contributed by atoms with van der Waals surface area (Å²) in [5, 5.41) is 12.1. The zero-order valence-electron chi connectivity index (χ0n) is 19.8. The number of carbonyl (C=O) groups excluding carboxylic acids is 1. The summed E-state index contributed by atoms with van der Waals surface area (Å²) in [4.78, 5) is 19.2. The molecule has 8 nitrogen and oxygen atoms in total. The van der Waals surface area contributed by atoms with Crippen molar-refractivity contribution in [2.24, 2.45) is 0 Å². The van der Waals surface area contributed by atoms with Gasteiger partial charge in [0.05, 0.1) is 24.0 Å². The van der Waals surface area contributed by atoms with Gasteiger partial charge in [-0.1, -0.05) is 0 Å². The van der Waals surface area contributed by atoms with Crippen molar-refractivity contribution in [3.63, 3.8) is 0 Å². The molecule has 1 saturated heterocycles. The van der Waals surface area contributed by atoms with E-state index in [4.69, 9.17) is 9.47 Å². The lowest BCUT2D eigenvalue weighted by Crippen LogP contribution is -2.52. The van der Waals surface area contributed by atoms with E-state index in [1.54, 1.807) is 20.8 Å². The molecule has 2 aromatic rings. The second-order valence-electron chi connectivity index (χ2n) is 9.65. The molecule has 4 rings (SSSR count). The number of nitrogens with one attached hydrogen (secondary N) is 1. The van der Waals surface area contributed by atoms with Crippen molar-refractivity contribution in [2.45, 2.75) is 77.5 Å². The monoisotopic (exact) mass is 473 g/mol. The lowest BCUT2D eigenvalue weighted by molar-refractivity contribution is -0.0630. The van der Waals surface area contributed by atoms with Crippen LogP contribution < -0.4 is 5.32 Å². The number of hydrogen-bond acceptors (Lipinski definition) is 6. The minimum Gasteiger partial charge on any atom is -0.444 e. The Kier molecular flexibility index (Phi) is 6.60. The van der Waals surface area contributed by atoms with E-state index < -0.39 is 35.5 Å². The van der Waals surface area contributed by atoms with E-state index in [1.807, 2.05) is 11.5 Å². The van der Waals surface area contributed by atoms with Gasteiger partial charge in [0.1, 0.15) is 29.4 Å². The Morgan fingerprint density at radius 1 is 1.35 bits per heavy atom. The van der Waals surface area contributed by atoms with Crippen molar-refractivity contribution >= 4 is 6.09 Å². The molecule has 2 aliphatic rings. The van der Waals surface area contributed by atoms with Gasteiger partial charge in [0, 0.05) is 31.2 Å². The van der Waals surface area contributed by atoms with Gasteiger partial charge in [-0.3, -0.25) is 4.90 Å². The number of fused-ring (bicyclic) bond motifs is 1. The molecule has 182 valence electrons. The van der Waals surface area contributed by atoms with Crippen LogP contribution in [0.2, 0.25) is 0 Å². The Labute approximate surface area is 197 Å². The lowest BCUT2D eigenvalue weighted by atomic mass is 9.92. The van der Waals surface area contributed by atoms with E-state index >= 15 is 0 Å². The van der Waals surface area contributed by atoms with Crippen molar-refractivity contribution in [3.05, 3.63) is 52.6 Å². The summed E-state index contributed by atoms with van der Waals surface area (Å²) in [6.07, 6.45) is -1.07. The van der Waals surface area contributed by atoms with Gasteiger partial charge in [0.15, 0.2) is 0 Å². The first kappa shape index (κ1) is 24.1. The topological polar surface area (TPSA) is 92.4 Å². The Bertz CT molecular complexity index is 1120. The fraction of sp³-hybridized carbons (Fsp3) is 0.542. The molecule has 34 heavy (non-hydrogen) atoms. The van der Waals surface area contributed by atoms with E-state index in [9.17, 15) is 18.8 Å². The summed E-state index contributed by atoms with van der Waals surface area (Å²) in [6, 6.07) is 4.61. The highest BCUT2D eigenvalue weighted by molar-refractivity contribution is 5.68. The summed E-state index contributed by atoms with van der Waals surface area (Å²) in [7, 11) is 0. The lowest BCUT2D eigenvalue weighted by Gasteiger charge is -2.40. The molecule has 2 aliphatic heterocycles. The van der Waals surface area contributed by atoms with Gasteiger partial charge in [0.2, 0.25) is 5.82 Å². The second-order valence-corrected chi connectivity index (χ2v) is 9.65. The highest BCUT2D eigenvalue weighted by Crippen LogP contribution is 2.35. The number of aromatic nitrogens is 2. The number of amides is 1. The molecule has 1 amide bonds. The van der Waals surface area contributed by atoms with Gasteiger partial charge in [0.25, 0.3) is 0 Å². The summed E-state index contributed by atoms with van der Waals surface area (Å²) in [5.74, 6) is -0.776. The second kappa shape index (κ2) is 9.31. The van der Waals surface area contributed by atoms with Crippen LogP contribution in [0.25, 0.3) is 0 Å². The molecule has 1 fully saturated rings. The van der Waals surface area contributed by atoms with Gasteiger partial charge in [-0.25, -0.2) is 18.6 Å². The van der Waals surface area contributed by atoms with Crippen LogP contribution in [-0.2, 0) is 29.1 Å². The highest BCUT2D eigenvalue weighted by Gasteiger charge is 2.40. The number of halogens is 2. The minimum atomic E-state index is -0.864. The summed E-state index contributed by atoms with van der Waals surface area (Å²) in [6.45, 7) is 9.27. The van der Waals surface area contributed by atoms with Crippen molar-refractivity contribution in [1.82, 2.24) is 19.8 Å². The van der Waals surface area contributed by atoms with E-state index in [1.165, 1.54) is 0 Å². The number of carbonyl (C=O) groups is 1. The van der Waals surface area contributed by atoms with Crippen LogP contribution in [0, 0.1) is 23.0 Å². The average molecular weight is 474 g/mol. The molecule has 0 bridgehead atoms. The van der Waals surface area contributed by atoms with Crippen molar-refractivity contribution in [3.8, 4) is 6.07 Å². The first-order valence-electron chi connectivity index (χ1n) is 11.4. The molecule has 1 aromatic heterocycles. The molecular weight excluding hydrogens is 444 g/mol. The number of imidazole rings is 1. The minimum absolute atomic E-state index is 0.0574. The third-order valence-electron chi connectivity index (χ3n) is 6.12. The maximum absolute atomic E-state index is 14.6. The Morgan fingerprint density at radius 2 is 2.12 bits per heavy atom. The standard InChI is InChI=1S/C24H29F2N5O3/c1-5-31-20-12-30(11-19(20)28-21(31)10-27)15-9-18(29-23(32)34-24(2,3)4)22(33-13-15)16-8-14(25)6-7-17(16)26/h6-8,15,18,22H,5,9,11-13H2,1-4H3,(H,29,32)/t15?,18?,22-/m1/s1. The predicted octanol–water partition coefficient (Wildman–Crippen LogP) is 3.79. The van der Waals surface area contributed by atoms with Gasteiger partial charge in [-0.15, -0.1) is 0 Å². The summed E-state index contributed by atoms with van der Waals surface area (Å²) < 4.78 is 41.9. The molecule has 0 saturated carbocycles. The first-order chi connectivity index (χ1) is 16.1. The van der Waals surface area contributed by atoms with Crippen molar-refractivity contribution < 1.29 is 23.0 Å². The SMILES string of the molecule is CCn1c(C#N)nc2c1CN(C1CO[C@H](c3cc(F)ccc3F)C(NC(=O)OC(C)(C)C)C1)C2. The molecule has 0 radical (unpaired) electrons. The van der Waals surface area contributed by atoms with E-state index in [-0.39, 0.29) is 18.2 Å². The number of nitriles is 1. The molecule has 3 heterocycles. The number of nitrogens with zero attached hydrogens (tertiary/aromatic N) is 4. The third-order valence-corrected chi connectivity index (χ3v) is 6.12. The maximum atomic E-state index is 14.6. The maximum Gasteiger partial charge on any atom is 0.407 e. The smallest absolute Gasteiger partial charge is 0.407 e. The largest absolute Gasteiger partial charge is 0.444 e. The Morgan fingerprint density at radius 3 is 2.79 bits per heavy atom. The fourth-order valence-corrected chi connectivity index (χ4v) is 4.67. The van der Waals surface area contributed by atoms with Crippen LogP contribution in [0.4, 0.5) is 13.6 Å². The predicted molar refractivity (Wildman–Crippen MR) is 118 cm³/mol. The van der Waals surface area contributed by atoms with Crippen LogP contribution in [0.5, 0.6) is 0 Å². The molecule has 0 spiro atoms. The van der Waals surface area contributed by atoms with E-state index in [2.05, 4.69) is 21.3 Å². The van der Waals surface area contributed by atoms with E-state index in [0.717, 1.165) is 29.6 Å². The summed E-state index contributed by atoms with van der Waals surface area (Å²) in [5.41, 5.74) is 1.20. The molecule has 10 heteroatoms. The van der Waals surface area contributed by atoms with Crippen molar-refractivity contribution in [2.75, 3.05) is 6.61 Å².